The zero-order chi connectivity index (χ0) is 16.6. The van der Waals surface area contributed by atoms with Crippen LogP contribution in [-0.4, -0.2) is 14.8 Å². The van der Waals surface area contributed by atoms with E-state index in [0.717, 1.165) is 23.5 Å². The van der Waals surface area contributed by atoms with E-state index in [4.69, 9.17) is 11.6 Å². The van der Waals surface area contributed by atoms with Crippen molar-refractivity contribution in [2.45, 2.75) is 6.18 Å². The third-order valence-electron chi connectivity index (χ3n) is 3.33. The van der Waals surface area contributed by atoms with E-state index in [2.05, 4.69) is 10.1 Å². The number of hydrogen-bond acceptors (Lipinski definition) is 2. The smallest absolute Gasteiger partial charge is 0.275 e. The van der Waals surface area contributed by atoms with Gasteiger partial charge in [-0.3, -0.25) is 9.67 Å². The van der Waals surface area contributed by atoms with E-state index in [9.17, 15) is 13.2 Å². The van der Waals surface area contributed by atoms with Crippen molar-refractivity contribution >= 4 is 11.6 Å². The second kappa shape index (κ2) is 5.70. The first-order chi connectivity index (χ1) is 10.8. The Morgan fingerprint density at radius 2 is 1.74 bits per heavy atom. The summed E-state index contributed by atoms with van der Waals surface area (Å²) in [5.41, 5.74) is 1.41. The Labute approximate surface area is 135 Å². The van der Waals surface area contributed by atoms with Gasteiger partial charge in [0.05, 0.1) is 22.0 Å². The highest BCUT2D eigenvalue weighted by Gasteiger charge is 2.33. The van der Waals surface area contributed by atoms with Gasteiger partial charge in [-0.2, -0.15) is 18.3 Å². The number of aromatic nitrogens is 3. The van der Waals surface area contributed by atoms with Gasteiger partial charge in [-0.05, 0) is 18.2 Å². The van der Waals surface area contributed by atoms with Crippen LogP contribution in [-0.2, 0) is 13.2 Å². The number of nitrogens with zero attached hydrogens (tertiary/aromatic N) is 3. The molecule has 0 fully saturated rings. The Morgan fingerprint density at radius 1 is 1.04 bits per heavy atom. The molecule has 1 aromatic carbocycles. The van der Waals surface area contributed by atoms with E-state index in [1.807, 2.05) is 12.1 Å². The lowest BCUT2D eigenvalue weighted by Gasteiger charge is -2.10. The first kappa shape index (κ1) is 15.6. The van der Waals surface area contributed by atoms with Gasteiger partial charge in [0.25, 0.3) is 0 Å². The highest BCUT2D eigenvalue weighted by atomic mass is 35.5. The molecule has 0 aliphatic carbocycles. The zero-order valence-corrected chi connectivity index (χ0v) is 12.7. The molecule has 0 amide bonds. The van der Waals surface area contributed by atoms with E-state index in [0.29, 0.717) is 5.56 Å². The number of rotatable bonds is 2. The van der Waals surface area contributed by atoms with Crippen LogP contribution in [0.2, 0.25) is 5.02 Å². The van der Waals surface area contributed by atoms with Crippen molar-refractivity contribution in [1.29, 1.82) is 0 Å². The molecule has 0 aliphatic heterocycles. The maximum absolute atomic E-state index is 13.0. The van der Waals surface area contributed by atoms with Gasteiger partial charge < -0.3 is 0 Å². The molecule has 0 unspecified atom stereocenters. The Hall–Kier alpha value is -2.34. The van der Waals surface area contributed by atoms with E-state index >= 15 is 0 Å². The van der Waals surface area contributed by atoms with Crippen LogP contribution >= 0.6 is 11.6 Å². The molecule has 0 aliphatic rings. The first-order valence-corrected chi connectivity index (χ1v) is 7.05. The summed E-state index contributed by atoms with van der Waals surface area (Å²) in [5, 5.41) is 3.87. The molecule has 2 heterocycles. The van der Waals surface area contributed by atoms with Crippen molar-refractivity contribution in [3.05, 3.63) is 59.4 Å². The zero-order valence-electron chi connectivity index (χ0n) is 12.0. The van der Waals surface area contributed by atoms with E-state index in [1.165, 1.54) is 0 Å². The summed E-state index contributed by atoms with van der Waals surface area (Å²) < 4.78 is 40.6. The maximum atomic E-state index is 13.0. The van der Waals surface area contributed by atoms with Crippen LogP contribution in [0.1, 0.15) is 5.56 Å². The van der Waals surface area contributed by atoms with Gasteiger partial charge in [-0.25, -0.2) is 0 Å². The van der Waals surface area contributed by atoms with Gasteiger partial charge >= 0.3 is 6.18 Å². The number of benzene rings is 1. The first-order valence-electron chi connectivity index (χ1n) is 6.68. The summed E-state index contributed by atoms with van der Waals surface area (Å²) in [5.74, 6) is 0. The van der Waals surface area contributed by atoms with E-state index in [-0.39, 0.29) is 5.69 Å². The highest BCUT2D eigenvalue weighted by Crippen LogP contribution is 2.36. The molecule has 0 radical (unpaired) electrons. The van der Waals surface area contributed by atoms with Crippen LogP contribution < -0.4 is 0 Å². The summed E-state index contributed by atoms with van der Waals surface area (Å²) in [7, 11) is 1.80. The molecule has 3 nitrogen and oxygen atoms in total. The average molecular weight is 338 g/mol. The molecule has 23 heavy (non-hydrogen) atoms. The highest BCUT2D eigenvalue weighted by molar-refractivity contribution is 6.31. The van der Waals surface area contributed by atoms with Gasteiger partial charge in [-0.1, -0.05) is 29.8 Å². The molecule has 3 aromatic rings. The second-order valence-electron chi connectivity index (χ2n) is 5.00. The quantitative estimate of drug-likeness (QED) is 0.671. The lowest BCUT2D eigenvalue weighted by atomic mass is 10.0. The van der Waals surface area contributed by atoms with Gasteiger partial charge in [-0.15, -0.1) is 0 Å². The Bertz CT molecular complexity index is 856. The molecule has 118 valence electrons. The molecule has 0 N–H and O–H groups in total. The van der Waals surface area contributed by atoms with Gasteiger partial charge in [0.15, 0.2) is 0 Å². The average Bonchev–Trinajstić information content (AvgIpc) is 2.93. The molecule has 0 atom stereocenters. The fourth-order valence-electron chi connectivity index (χ4n) is 2.22. The summed E-state index contributed by atoms with van der Waals surface area (Å²) in [6.45, 7) is 0. The van der Waals surface area contributed by atoms with Gasteiger partial charge in [0, 0.05) is 30.6 Å². The number of hydrogen-bond donors (Lipinski definition) is 0. The number of alkyl halides is 3. The minimum atomic E-state index is -4.52. The van der Waals surface area contributed by atoms with Crippen LogP contribution in [0, 0.1) is 0 Å². The van der Waals surface area contributed by atoms with Crippen LogP contribution in [0.25, 0.3) is 22.5 Å². The third-order valence-corrected chi connectivity index (χ3v) is 3.63. The molecule has 0 saturated heterocycles. The standard InChI is InChI=1S/C16H11ClF3N3/c1-23-6-5-14(22-23)10-3-2-4-11(7-10)15-8-12(16(18,19)20)13(17)9-21-15/h2-9H,1H3. The minimum Gasteiger partial charge on any atom is -0.275 e. The van der Waals surface area contributed by atoms with Crippen LogP contribution in [0.4, 0.5) is 13.2 Å². The second-order valence-corrected chi connectivity index (χ2v) is 5.41. The molecule has 7 heteroatoms. The van der Waals surface area contributed by atoms with E-state index in [1.54, 1.807) is 36.1 Å². The summed E-state index contributed by atoms with van der Waals surface area (Å²) >= 11 is 5.60. The fourth-order valence-corrected chi connectivity index (χ4v) is 2.43. The SMILES string of the molecule is Cn1ccc(-c2cccc(-c3cc(C(F)(F)F)c(Cl)cn3)c2)n1. The molecule has 0 saturated carbocycles. The molecule has 3 rings (SSSR count). The minimum absolute atomic E-state index is 0.208. The van der Waals surface area contributed by atoms with Crippen molar-refractivity contribution in [3.8, 4) is 22.5 Å². The molecule has 2 aromatic heterocycles. The largest absolute Gasteiger partial charge is 0.417 e. The summed E-state index contributed by atoms with van der Waals surface area (Å²) in [6.07, 6.45) is -1.70. The van der Waals surface area contributed by atoms with Crippen LogP contribution in [0.15, 0.2) is 48.8 Å². The number of halogens is 4. The maximum Gasteiger partial charge on any atom is 0.417 e. The Balaban J connectivity index is 2.06. The summed E-state index contributed by atoms with van der Waals surface area (Å²) in [6, 6.07) is 9.83. The third kappa shape index (κ3) is 3.22. The van der Waals surface area contributed by atoms with Crippen molar-refractivity contribution in [2.24, 2.45) is 7.05 Å². The normalized spacial score (nSPS) is 11.7. The predicted octanol–water partition coefficient (Wildman–Crippen LogP) is 4.82. The van der Waals surface area contributed by atoms with Crippen molar-refractivity contribution in [1.82, 2.24) is 14.8 Å². The predicted molar refractivity (Wildman–Crippen MR) is 81.9 cm³/mol. The molecular weight excluding hydrogens is 327 g/mol. The lowest BCUT2D eigenvalue weighted by molar-refractivity contribution is -0.137. The van der Waals surface area contributed by atoms with E-state index < -0.39 is 16.8 Å². The fraction of sp³-hybridized carbons (Fsp3) is 0.125. The Morgan fingerprint density at radius 3 is 2.35 bits per heavy atom. The van der Waals surface area contributed by atoms with Gasteiger partial charge in [0.1, 0.15) is 0 Å². The van der Waals surface area contributed by atoms with Crippen molar-refractivity contribution in [2.75, 3.05) is 0 Å². The number of aryl methyl sites for hydroxylation is 1. The topological polar surface area (TPSA) is 30.7 Å². The van der Waals surface area contributed by atoms with Crippen LogP contribution in [0.3, 0.4) is 0 Å². The van der Waals surface area contributed by atoms with Gasteiger partial charge in [0.2, 0.25) is 0 Å². The van der Waals surface area contributed by atoms with Crippen molar-refractivity contribution < 1.29 is 13.2 Å². The Kier molecular flexibility index (Phi) is 3.85. The lowest BCUT2D eigenvalue weighted by Crippen LogP contribution is -2.06. The molecule has 0 spiro atoms. The molecular formula is C16H11ClF3N3. The number of pyridine rings is 1. The van der Waals surface area contributed by atoms with Crippen LogP contribution in [0.5, 0.6) is 0 Å². The van der Waals surface area contributed by atoms with Crippen molar-refractivity contribution in [3.63, 3.8) is 0 Å². The monoisotopic (exact) mass is 337 g/mol. The summed E-state index contributed by atoms with van der Waals surface area (Å²) in [4.78, 5) is 4.01. The molecule has 0 bridgehead atoms.